The summed E-state index contributed by atoms with van der Waals surface area (Å²) in [6, 6.07) is 53.3. The molecular formula is C41H25N3S. The van der Waals surface area contributed by atoms with E-state index in [1.165, 1.54) is 52.8 Å². The number of benzene rings is 7. The average molecular weight is 592 g/mol. The van der Waals surface area contributed by atoms with Crippen molar-refractivity contribution in [1.82, 2.24) is 15.0 Å². The van der Waals surface area contributed by atoms with Crippen molar-refractivity contribution in [2.24, 2.45) is 0 Å². The first kappa shape index (κ1) is 25.8. The van der Waals surface area contributed by atoms with Crippen LogP contribution in [0.3, 0.4) is 0 Å². The average Bonchev–Trinajstić information content (AvgIpc) is 3.49. The van der Waals surface area contributed by atoms with Crippen LogP contribution in [0.5, 0.6) is 0 Å². The topological polar surface area (TPSA) is 38.7 Å². The molecule has 0 saturated heterocycles. The lowest BCUT2D eigenvalue weighted by Crippen LogP contribution is -2.00. The molecule has 0 atom stereocenters. The Morgan fingerprint density at radius 1 is 0.356 bits per heavy atom. The van der Waals surface area contributed by atoms with Crippen LogP contribution in [-0.4, -0.2) is 15.0 Å². The number of aromatic nitrogens is 3. The van der Waals surface area contributed by atoms with E-state index in [2.05, 4.69) is 91.0 Å². The Bertz CT molecular complexity index is 2460. The van der Waals surface area contributed by atoms with Gasteiger partial charge in [-0.2, -0.15) is 0 Å². The fourth-order valence-corrected chi connectivity index (χ4v) is 7.47. The Hall–Kier alpha value is -5.71. The normalized spacial score (nSPS) is 11.6. The monoisotopic (exact) mass is 591 g/mol. The fraction of sp³-hybridized carbons (Fsp3) is 0. The highest BCUT2D eigenvalue weighted by atomic mass is 32.1. The van der Waals surface area contributed by atoms with Crippen LogP contribution >= 0.6 is 11.3 Å². The minimum atomic E-state index is 0.659. The summed E-state index contributed by atoms with van der Waals surface area (Å²) in [5, 5.41) is 7.74. The van der Waals surface area contributed by atoms with Gasteiger partial charge in [-0.15, -0.1) is 11.3 Å². The molecule has 2 aromatic heterocycles. The smallest absolute Gasteiger partial charge is 0.164 e. The summed E-state index contributed by atoms with van der Waals surface area (Å²) in [5.41, 5.74) is 5.28. The van der Waals surface area contributed by atoms with Crippen molar-refractivity contribution in [3.8, 4) is 45.3 Å². The molecule has 210 valence electrons. The molecule has 0 saturated carbocycles. The van der Waals surface area contributed by atoms with Crippen LogP contribution in [0, 0.1) is 0 Å². The highest BCUT2D eigenvalue weighted by molar-refractivity contribution is 7.26. The van der Waals surface area contributed by atoms with Gasteiger partial charge in [-0.3, -0.25) is 0 Å². The predicted octanol–water partition coefficient (Wildman–Crippen LogP) is 11.2. The molecule has 0 spiro atoms. The summed E-state index contributed by atoms with van der Waals surface area (Å²) in [4.78, 5) is 14.7. The molecule has 2 heterocycles. The third-order valence-corrected chi connectivity index (χ3v) is 9.63. The Kier molecular flexibility index (Phi) is 6.00. The van der Waals surface area contributed by atoms with Gasteiger partial charge >= 0.3 is 0 Å². The van der Waals surface area contributed by atoms with Crippen LogP contribution in [0.2, 0.25) is 0 Å². The van der Waals surface area contributed by atoms with E-state index in [4.69, 9.17) is 15.0 Å². The van der Waals surface area contributed by atoms with Gasteiger partial charge in [0.15, 0.2) is 17.5 Å². The lowest BCUT2D eigenvalue weighted by atomic mass is 9.96. The minimum Gasteiger partial charge on any atom is -0.208 e. The molecule has 7 aromatic carbocycles. The van der Waals surface area contributed by atoms with Crippen LogP contribution in [0.25, 0.3) is 87.0 Å². The molecule has 0 aliphatic carbocycles. The molecule has 4 heteroatoms. The van der Waals surface area contributed by atoms with Gasteiger partial charge in [0.2, 0.25) is 0 Å². The molecule has 0 radical (unpaired) electrons. The first-order valence-electron chi connectivity index (χ1n) is 15.0. The van der Waals surface area contributed by atoms with Gasteiger partial charge in [-0.25, -0.2) is 15.0 Å². The zero-order valence-corrected chi connectivity index (χ0v) is 25.0. The first-order chi connectivity index (χ1) is 22.3. The fourth-order valence-electron chi connectivity index (χ4n) is 6.30. The number of hydrogen-bond donors (Lipinski definition) is 0. The van der Waals surface area contributed by atoms with Gasteiger partial charge in [0.25, 0.3) is 0 Å². The molecule has 0 unspecified atom stereocenters. The SMILES string of the molecule is c1ccc(-c2nc(-c3ccccc3)nc(-c3ccc(-c4cccc5sc6cc7ccc8ccccc8c7cc6c45)cc3)n2)cc1. The van der Waals surface area contributed by atoms with E-state index in [1.807, 2.05) is 72.0 Å². The van der Waals surface area contributed by atoms with Gasteiger partial charge in [0.05, 0.1) is 0 Å². The zero-order valence-electron chi connectivity index (χ0n) is 24.2. The van der Waals surface area contributed by atoms with E-state index in [0.29, 0.717) is 17.5 Å². The quantitative estimate of drug-likeness (QED) is 0.191. The zero-order chi connectivity index (χ0) is 29.7. The highest BCUT2D eigenvalue weighted by Crippen LogP contribution is 2.42. The van der Waals surface area contributed by atoms with Crippen molar-refractivity contribution in [1.29, 1.82) is 0 Å². The summed E-state index contributed by atoms with van der Waals surface area (Å²) < 4.78 is 2.60. The number of fused-ring (bicyclic) bond motifs is 6. The second-order valence-electron chi connectivity index (χ2n) is 11.3. The Morgan fingerprint density at radius 2 is 0.933 bits per heavy atom. The standard InChI is InChI=1S/C41H25N3S/c1-3-11-28(12-4-1)39-42-40(29-13-5-2-6-14-29)44-41(43-39)30-21-18-27(19-22-30)33-16-9-17-36-38(33)35-25-34-31(24-37(35)45-36)23-20-26-10-7-8-15-32(26)34/h1-25H. The van der Waals surface area contributed by atoms with Gasteiger partial charge in [-0.05, 0) is 50.9 Å². The van der Waals surface area contributed by atoms with Crippen LogP contribution in [-0.2, 0) is 0 Å². The molecule has 0 aliphatic heterocycles. The lowest BCUT2D eigenvalue weighted by Gasteiger charge is -2.10. The lowest BCUT2D eigenvalue weighted by molar-refractivity contribution is 1.07. The molecule has 0 aliphatic rings. The molecule has 45 heavy (non-hydrogen) atoms. The van der Waals surface area contributed by atoms with Crippen LogP contribution < -0.4 is 0 Å². The second-order valence-corrected chi connectivity index (χ2v) is 12.3. The van der Waals surface area contributed by atoms with Crippen molar-refractivity contribution >= 4 is 53.1 Å². The van der Waals surface area contributed by atoms with E-state index in [9.17, 15) is 0 Å². The number of hydrogen-bond acceptors (Lipinski definition) is 4. The third-order valence-electron chi connectivity index (χ3n) is 8.51. The van der Waals surface area contributed by atoms with Gasteiger partial charge < -0.3 is 0 Å². The van der Waals surface area contributed by atoms with E-state index in [-0.39, 0.29) is 0 Å². The largest absolute Gasteiger partial charge is 0.208 e. The summed E-state index contributed by atoms with van der Waals surface area (Å²) >= 11 is 1.86. The van der Waals surface area contributed by atoms with Crippen LogP contribution in [0.4, 0.5) is 0 Å². The van der Waals surface area contributed by atoms with Gasteiger partial charge in [-0.1, -0.05) is 133 Å². The molecule has 0 N–H and O–H groups in total. The maximum Gasteiger partial charge on any atom is 0.164 e. The Labute approximate surface area is 264 Å². The van der Waals surface area contributed by atoms with E-state index >= 15 is 0 Å². The summed E-state index contributed by atoms with van der Waals surface area (Å²) in [5.74, 6) is 1.99. The Balaban J connectivity index is 1.18. The summed E-state index contributed by atoms with van der Waals surface area (Å²) in [6.45, 7) is 0. The molecule has 0 fully saturated rings. The first-order valence-corrected chi connectivity index (χ1v) is 15.8. The number of thiophene rings is 1. The number of rotatable bonds is 4. The van der Waals surface area contributed by atoms with E-state index in [0.717, 1.165) is 16.7 Å². The highest BCUT2D eigenvalue weighted by Gasteiger charge is 2.15. The molecule has 9 aromatic rings. The Morgan fingerprint density at radius 3 is 1.62 bits per heavy atom. The molecule has 0 amide bonds. The van der Waals surface area contributed by atoms with Gasteiger partial charge in [0.1, 0.15) is 0 Å². The van der Waals surface area contributed by atoms with Crippen molar-refractivity contribution in [3.63, 3.8) is 0 Å². The van der Waals surface area contributed by atoms with Crippen LogP contribution in [0.1, 0.15) is 0 Å². The van der Waals surface area contributed by atoms with E-state index < -0.39 is 0 Å². The maximum atomic E-state index is 4.92. The molecular weight excluding hydrogens is 567 g/mol. The van der Waals surface area contributed by atoms with Gasteiger partial charge in [0, 0.05) is 36.9 Å². The molecule has 9 rings (SSSR count). The third kappa shape index (κ3) is 4.46. The molecule has 0 bridgehead atoms. The van der Waals surface area contributed by atoms with Crippen molar-refractivity contribution in [2.45, 2.75) is 0 Å². The summed E-state index contributed by atoms with van der Waals surface area (Å²) in [7, 11) is 0. The summed E-state index contributed by atoms with van der Waals surface area (Å²) in [6.07, 6.45) is 0. The molecule has 3 nitrogen and oxygen atoms in total. The minimum absolute atomic E-state index is 0.659. The van der Waals surface area contributed by atoms with Crippen LogP contribution in [0.15, 0.2) is 152 Å². The van der Waals surface area contributed by atoms with Crippen molar-refractivity contribution in [3.05, 3.63) is 152 Å². The van der Waals surface area contributed by atoms with Crippen molar-refractivity contribution < 1.29 is 0 Å². The predicted molar refractivity (Wildman–Crippen MR) is 189 cm³/mol. The maximum absolute atomic E-state index is 4.92. The second kappa shape index (κ2) is 10.5. The van der Waals surface area contributed by atoms with Crippen molar-refractivity contribution in [2.75, 3.05) is 0 Å². The number of nitrogens with zero attached hydrogens (tertiary/aromatic N) is 3. The van der Waals surface area contributed by atoms with E-state index in [1.54, 1.807) is 0 Å².